The zero-order valence-electron chi connectivity index (χ0n) is 12.8. The predicted molar refractivity (Wildman–Crippen MR) is 82.3 cm³/mol. The van der Waals surface area contributed by atoms with E-state index < -0.39 is 11.7 Å². The van der Waals surface area contributed by atoms with Crippen molar-refractivity contribution in [2.24, 2.45) is 0 Å². The molecule has 2 aromatic rings. The molecule has 1 saturated heterocycles. The van der Waals surface area contributed by atoms with E-state index in [2.05, 4.69) is 24.0 Å². The topological polar surface area (TPSA) is 12.5 Å². The van der Waals surface area contributed by atoms with Gasteiger partial charge in [-0.15, -0.1) is 0 Å². The van der Waals surface area contributed by atoms with Gasteiger partial charge in [0, 0.05) is 19.1 Å². The summed E-state index contributed by atoms with van der Waals surface area (Å²) < 4.78 is 43.7. The summed E-state index contributed by atoms with van der Waals surface area (Å²) in [4.78, 5) is 2.24. The smallest absolute Gasteiger partial charge is 0.416 e. The fourth-order valence-electron chi connectivity index (χ4n) is 2.74. The zero-order valence-corrected chi connectivity index (χ0v) is 12.8. The van der Waals surface area contributed by atoms with Gasteiger partial charge in [0.2, 0.25) is 0 Å². The normalized spacial score (nSPS) is 17.6. The summed E-state index contributed by atoms with van der Waals surface area (Å²) >= 11 is 0. The van der Waals surface area contributed by atoms with Gasteiger partial charge in [-0.3, -0.25) is 4.90 Å². The van der Waals surface area contributed by atoms with Gasteiger partial charge in [0.25, 0.3) is 0 Å². The summed E-state index contributed by atoms with van der Waals surface area (Å²) in [6.45, 7) is 3.55. The Bertz CT molecular complexity index is 651. The fourth-order valence-corrected chi connectivity index (χ4v) is 2.74. The maximum absolute atomic E-state index is 12.7. The fraction of sp³-hybridized carbons (Fsp3) is 0.333. The summed E-state index contributed by atoms with van der Waals surface area (Å²) in [5.74, 6) is 0.275. The van der Waals surface area contributed by atoms with Crippen molar-refractivity contribution >= 4 is 0 Å². The monoisotopic (exact) mass is 321 g/mol. The van der Waals surface area contributed by atoms with Crippen molar-refractivity contribution in [1.82, 2.24) is 4.90 Å². The lowest BCUT2D eigenvalue weighted by Crippen LogP contribution is -2.54. The summed E-state index contributed by atoms with van der Waals surface area (Å²) in [7, 11) is 0. The summed E-state index contributed by atoms with van der Waals surface area (Å²) in [6.07, 6.45) is -4.41. The zero-order chi connectivity index (χ0) is 16.4. The molecular weight excluding hydrogens is 303 g/mol. The number of hydrogen-bond donors (Lipinski definition) is 0. The first-order chi connectivity index (χ1) is 10.9. The number of halogens is 3. The Kier molecular flexibility index (Phi) is 4.31. The highest BCUT2D eigenvalue weighted by atomic mass is 19.4. The first-order valence-electron chi connectivity index (χ1n) is 7.56. The molecule has 1 fully saturated rings. The molecular formula is C18H18F3NO. The van der Waals surface area contributed by atoms with Crippen molar-refractivity contribution in [1.29, 1.82) is 0 Å². The molecule has 2 aromatic carbocycles. The molecule has 0 spiro atoms. The van der Waals surface area contributed by atoms with Crippen molar-refractivity contribution in [2.45, 2.75) is 25.2 Å². The van der Waals surface area contributed by atoms with Gasteiger partial charge in [-0.1, -0.05) is 36.4 Å². The van der Waals surface area contributed by atoms with Crippen LogP contribution in [0.4, 0.5) is 13.2 Å². The van der Waals surface area contributed by atoms with Gasteiger partial charge in [0.15, 0.2) is 0 Å². The van der Waals surface area contributed by atoms with Crippen molar-refractivity contribution < 1.29 is 17.9 Å². The molecule has 0 radical (unpaired) electrons. The Balaban J connectivity index is 1.57. The van der Waals surface area contributed by atoms with Gasteiger partial charge >= 0.3 is 6.18 Å². The molecule has 0 amide bonds. The number of ether oxygens (including phenoxy) is 1. The van der Waals surface area contributed by atoms with Crippen LogP contribution in [0, 0.1) is 0 Å². The Hall–Kier alpha value is -2.01. The molecule has 0 aliphatic carbocycles. The molecule has 5 heteroatoms. The quantitative estimate of drug-likeness (QED) is 0.820. The maximum Gasteiger partial charge on any atom is 0.416 e. The van der Waals surface area contributed by atoms with E-state index in [9.17, 15) is 13.2 Å². The first kappa shape index (κ1) is 15.9. The van der Waals surface area contributed by atoms with Crippen LogP contribution in [0.5, 0.6) is 5.75 Å². The van der Waals surface area contributed by atoms with Gasteiger partial charge < -0.3 is 4.74 Å². The van der Waals surface area contributed by atoms with E-state index in [0.717, 1.165) is 12.1 Å². The molecule has 2 nitrogen and oxygen atoms in total. The molecule has 1 atom stereocenters. The Morgan fingerprint density at radius 2 is 1.74 bits per heavy atom. The van der Waals surface area contributed by atoms with E-state index in [4.69, 9.17) is 4.74 Å². The summed E-state index contributed by atoms with van der Waals surface area (Å²) in [5.41, 5.74) is 0.550. The lowest BCUT2D eigenvalue weighted by molar-refractivity contribution is -0.137. The minimum atomic E-state index is -4.34. The van der Waals surface area contributed by atoms with Crippen molar-refractivity contribution in [3.8, 4) is 5.75 Å². The molecule has 122 valence electrons. The van der Waals surface area contributed by atoms with Crippen LogP contribution in [0.1, 0.15) is 24.1 Å². The van der Waals surface area contributed by atoms with Crippen molar-refractivity contribution in [3.63, 3.8) is 0 Å². The highest BCUT2D eigenvalue weighted by Crippen LogP contribution is 2.32. The van der Waals surface area contributed by atoms with Crippen LogP contribution in [0.3, 0.4) is 0 Å². The van der Waals surface area contributed by atoms with Gasteiger partial charge in [-0.05, 0) is 30.7 Å². The number of hydrogen-bond acceptors (Lipinski definition) is 2. The van der Waals surface area contributed by atoms with E-state index in [1.807, 2.05) is 18.2 Å². The molecule has 0 N–H and O–H groups in total. The third-order valence-electron chi connectivity index (χ3n) is 4.17. The highest BCUT2D eigenvalue weighted by Gasteiger charge is 2.34. The largest absolute Gasteiger partial charge is 0.488 e. The second kappa shape index (κ2) is 6.24. The number of alkyl halides is 3. The van der Waals surface area contributed by atoms with Gasteiger partial charge in [-0.2, -0.15) is 13.2 Å². The average molecular weight is 321 g/mol. The molecule has 0 aromatic heterocycles. The lowest BCUT2D eigenvalue weighted by atomic mass is 10.0. The van der Waals surface area contributed by atoms with E-state index in [0.29, 0.717) is 13.1 Å². The first-order valence-corrected chi connectivity index (χ1v) is 7.56. The summed E-state index contributed by atoms with van der Waals surface area (Å²) in [6, 6.07) is 15.5. The van der Waals surface area contributed by atoms with Crippen LogP contribution in [0.15, 0.2) is 54.6 Å². The molecule has 1 unspecified atom stereocenters. The molecule has 0 bridgehead atoms. The van der Waals surface area contributed by atoms with Crippen molar-refractivity contribution in [2.75, 3.05) is 13.1 Å². The van der Waals surface area contributed by atoms with E-state index in [-0.39, 0.29) is 17.9 Å². The molecule has 23 heavy (non-hydrogen) atoms. The number of rotatable bonds is 4. The van der Waals surface area contributed by atoms with Crippen LogP contribution in [-0.4, -0.2) is 24.1 Å². The Labute approximate surface area is 133 Å². The minimum Gasteiger partial charge on any atom is -0.488 e. The van der Waals surface area contributed by atoms with Crippen LogP contribution in [-0.2, 0) is 6.18 Å². The molecule has 1 aliphatic heterocycles. The van der Waals surface area contributed by atoms with Crippen LogP contribution in [0.2, 0.25) is 0 Å². The molecule has 1 heterocycles. The van der Waals surface area contributed by atoms with Gasteiger partial charge in [0.05, 0.1) is 5.56 Å². The van der Waals surface area contributed by atoms with Crippen LogP contribution in [0.25, 0.3) is 0 Å². The van der Waals surface area contributed by atoms with E-state index in [1.165, 1.54) is 11.6 Å². The molecule has 3 rings (SSSR count). The van der Waals surface area contributed by atoms with Crippen molar-refractivity contribution in [3.05, 3.63) is 65.7 Å². The van der Waals surface area contributed by atoms with E-state index >= 15 is 0 Å². The molecule has 0 saturated carbocycles. The number of benzene rings is 2. The number of nitrogens with zero attached hydrogens (tertiary/aromatic N) is 1. The lowest BCUT2D eigenvalue weighted by Gasteiger charge is -2.43. The number of likely N-dealkylation sites (tertiary alicyclic amines) is 1. The van der Waals surface area contributed by atoms with Crippen LogP contribution >= 0.6 is 0 Å². The second-order valence-electron chi connectivity index (χ2n) is 5.81. The highest BCUT2D eigenvalue weighted by molar-refractivity contribution is 5.30. The predicted octanol–water partition coefficient (Wildman–Crippen LogP) is 4.53. The minimum absolute atomic E-state index is 0.0651. The summed E-state index contributed by atoms with van der Waals surface area (Å²) in [5, 5.41) is 0. The van der Waals surface area contributed by atoms with E-state index in [1.54, 1.807) is 6.07 Å². The standard InChI is InChI=1S/C18H18F3NO/c1-13(14-6-3-2-4-7-14)22-11-17(12-22)23-16-9-5-8-15(10-16)18(19,20)21/h2-10,13,17H,11-12H2,1H3. The SMILES string of the molecule is CC(c1ccccc1)N1CC(Oc2cccc(C(F)(F)F)c2)C1. The average Bonchev–Trinajstić information content (AvgIpc) is 2.50. The van der Waals surface area contributed by atoms with Crippen LogP contribution < -0.4 is 4.74 Å². The van der Waals surface area contributed by atoms with Gasteiger partial charge in [0.1, 0.15) is 11.9 Å². The maximum atomic E-state index is 12.7. The van der Waals surface area contributed by atoms with Gasteiger partial charge in [-0.25, -0.2) is 0 Å². The second-order valence-corrected chi connectivity index (χ2v) is 5.81. The third kappa shape index (κ3) is 3.67. The third-order valence-corrected chi connectivity index (χ3v) is 4.17. The Morgan fingerprint density at radius 3 is 2.39 bits per heavy atom. The molecule has 1 aliphatic rings. The Morgan fingerprint density at radius 1 is 1.04 bits per heavy atom.